The Morgan fingerprint density at radius 1 is 1.35 bits per heavy atom. The van der Waals surface area contributed by atoms with Crippen LogP contribution in [0.2, 0.25) is 5.02 Å². The summed E-state index contributed by atoms with van der Waals surface area (Å²) in [4.78, 5) is 8.30. The summed E-state index contributed by atoms with van der Waals surface area (Å²) in [6.45, 7) is 6.01. The fourth-order valence-corrected chi connectivity index (χ4v) is 1.45. The van der Waals surface area contributed by atoms with E-state index in [1.54, 1.807) is 18.3 Å². The van der Waals surface area contributed by atoms with Gasteiger partial charge in [-0.1, -0.05) is 16.8 Å². The van der Waals surface area contributed by atoms with Crippen LogP contribution in [0.15, 0.2) is 22.9 Å². The summed E-state index contributed by atoms with van der Waals surface area (Å²) in [5.74, 6) is 0.377. The molecule has 0 aliphatic heterocycles. The summed E-state index contributed by atoms with van der Waals surface area (Å²) < 4.78 is 5.08. The van der Waals surface area contributed by atoms with E-state index in [2.05, 4.69) is 20.4 Å². The van der Waals surface area contributed by atoms with E-state index in [9.17, 15) is 0 Å². The molecule has 0 bridgehead atoms. The Labute approximate surface area is 104 Å². The van der Waals surface area contributed by atoms with E-state index in [-0.39, 0.29) is 5.54 Å². The molecule has 6 heteroatoms. The molecule has 0 aliphatic carbocycles. The van der Waals surface area contributed by atoms with E-state index in [0.29, 0.717) is 22.6 Å². The SMILES string of the molecule is CC(C)(C)Nc1nc(-c2ncccc2Cl)no1. The van der Waals surface area contributed by atoms with Crippen molar-refractivity contribution in [1.82, 2.24) is 15.1 Å². The van der Waals surface area contributed by atoms with E-state index in [1.807, 2.05) is 20.8 Å². The van der Waals surface area contributed by atoms with Crippen molar-refractivity contribution in [2.24, 2.45) is 0 Å². The lowest BCUT2D eigenvalue weighted by molar-refractivity contribution is 0.420. The number of nitrogens with one attached hydrogen (secondary N) is 1. The summed E-state index contributed by atoms with van der Waals surface area (Å²) >= 11 is 6.00. The predicted molar refractivity (Wildman–Crippen MR) is 65.9 cm³/mol. The van der Waals surface area contributed by atoms with Crippen molar-refractivity contribution in [2.75, 3.05) is 5.32 Å². The van der Waals surface area contributed by atoms with E-state index in [0.717, 1.165) is 0 Å². The molecule has 0 unspecified atom stereocenters. The van der Waals surface area contributed by atoms with Crippen LogP contribution < -0.4 is 5.32 Å². The van der Waals surface area contributed by atoms with Gasteiger partial charge in [0.15, 0.2) is 0 Å². The molecule has 1 N–H and O–H groups in total. The third-order valence-electron chi connectivity index (χ3n) is 1.88. The third kappa shape index (κ3) is 2.94. The lowest BCUT2D eigenvalue weighted by atomic mass is 10.1. The largest absolute Gasteiger partial charge is 0.333 e. The fourth-order valence-electron chi connectivity index (χ4n) is 1.24. The van der Waals surface area contributed by atoms with Gasteiger partial charge < -0.3 is 9.84 Å². The molecular formula is C11H13ClN4O. The summed E-state index contributed by atoms with van der Waals surface area (Å²) in [5, 5.41) is 7.41. The number of anilines is 1. The van der Waals surface area contributed by atoms with Gasteiger partial charge in [-0.15, -0.1) is 0 Å². The van der Waals surface area contributed by atoms with Crippen LogP contribution in [0.25, 0.3) is 11.5 Å². The van der Waals surface area contributed by atoms with Gasteiger partial charge in [0.2, 0.25) is 5.82 Å². The lowest BCUT2D eigenvalue weighted by Gasteiger charge is -2.17. The van der Waals surface area contributed by atoms with Crippen molar-refractivity contribution in [3.8, 4) is 11.5 Å². The number of halogens is 1. The summed E-state index contributed by atoms with van der Waals surface area (Å²) in [7, 11) is 0. The number of aromatic nitrogens is 3. The Morgan fingerprint density at radius 2 is 2.12 bits per heavy atom. The summed E-state index contributed by atoms with van der Waals surface area (Å²) in [6, 6.07) is 3.84. The van der Waals surface area contributed by atoms with Crippen LogP contribution >= 0.6 is 11.6 Å². The standard InChI is InChI=1S/C11H13ClN4O/c1-11(2,3)15-10-14-9(16-17-10)8-7(12)5-4-6-13-8/h4-6H,1-3H3,(H,14,15,16). The molecule has 0 atom stereocenters. The molecule has 17 heavy (non-hydrogen) atoms. The first-order chi connectivity index (χ1) is 7.96. The zero-order chi connectivity index (χ0) is 12.5. The van der Waals surface area contributed by atoms with Crippen LogP contribution in [-0.4, -0.2) is 20.7 Å². The number of pyridine rings is 1. The Bertz CT molecular complexity index is 518. The van der Waals surface area contributed by atoms with Crippen molar-refractivity contribution >= 4 is 17.6 Å². The molecule has 90 valence electrons. The van der Waals surface area contributed by atoms with Gasteiger partial charge >= 0.3 is 6.01 Å². The number of nitrogens with zero attached hydrogens (tertiary/aromatic N) is 3. The Morgan fingerprint density at radius 3 is 2.76 bits per heavy atom. The maximum Gasteiger partial charge on any atom is 0.322 e. The highest BCUT2D eigenvalue weighted by atomic mass is 35.5. The van der Waals surface area contributed by atoms with Crippen molar-refractivity contribution in [1.29, 1.82) is 0 Å². The quantitative estimate of drug-likeness (QED) is 0.890. The first-order valence-electron chi connectivity index (χ1n) is 5.18. The highest BCUT2D eigenvalue weighted by Gasteiger charge is 2.16. The molecule has 0 aliphatic rings. The van der Waals surface area contributed by atoms with Gasteiger partial charge in [0.05, 0.1) is 5.02 Å². The van der Waals surface area contributed by atoms with Crippen molar-refractivity contribution < 1.29 is 4.52 Å². The minimum Gasteiger partial charge on any atom is -0.333 e. The lowest BCUT2D eigenvalue weighted by Crippen LogP contribution is -2.26. The van der Waals surface area contributed by atoms with Gasteiger partial charge in [-0.05, 0) is 32.9 Å². The Hall–Kier alpha value is -1.62. The van der Waals surface area contributed by atoms with Crippen LogP contribution in [0.3, 0.4) is 0 Å². The first-order valence-corrected chi connectivity index (χ1v) is 5.56. The van der Waals surface area contributed by atoms with Crippen LogP contribution in [0.5, 0.6) is 0 Å². The number of rotatable bonds is 2. The van der Waals surface area contributed by atoms with E-state index in [4.69, 9.17) is 16.1 Å². The van der Waals surface area contributed by atoms with Crippen LogP contribution in [-0.2, 0) is 0 Å². The maximum absolute atomic E-state index is 6.00. The molecule has 0 amide bonds. The van der Waals surface area contributed by atoms with Crippen molar-refractivity contribution in [2.45, 2.75) is 26.3 Å². The highest BCUT2D eigenvalue weighted by Crippen LogP contribution is 2.24. The molecule has 5 nitrogen and oxygen atoms in total. The second kappa shape index (κ2) is 4.33. The van der Waals surface area contributed by atoms with E-state index < -0.39 is 0 Å². The molecule has 0 saturated heterocycles. The first kappa shape index (κ1) is 11.9. The van der Waals surface area contributed by atoms with Crippen LogP contribution in [0.4, 0.5) is 6.01 Å². The second-order valence-electron chi connectivity index (χ2n) is 4.63. The molecule has 2 aromatic rings. The molecule has 0 spiro atoms. The minimum absolute atomic E-state index is 0.141. The van der Waals surface area contributed by atoms with Crippen molar-refractivity contribution in [3.05, 3.63) is 23.4 Å². The van der Waals surface area contributed by atoms with Gasteiger partial charge in [0.25, 0.3) is 0 Å². The average molecular weight is 253 g/mol. The molecule has 0 aromatic carbocycles. The van der Waals surface area contributed by atoms with E-state index >= 15 is 0 Å². The summed E-state index contributed by atoms with van der Waals surface area (Å²) in [6.07, 6.45) is 1.63. The van der Waals surface area contributed by atoms with Gasteiger partial charge in [0, 0.05) is 11.7 Å². The average Bonchev–Trinajstić information content (AvgIpc) is 2.64. The second-order valence-corrected chi connectivity index (χ2v) is 5.04. The minimum atomic E-state index is -0.141. The smallest absolute Gasteiger partial charge is 0.322 e. The zero-order valence-electron chi connectivity index (χ0n) is 9.86. The monoisotopic (exact) mass is 252 g/mol. The zero-order valence-corrected chi connectivity index (χ0v) is 10.6. The van der Waals surface area contributed by atoms with E-state index in [1.165, 1.54) is 0 Å². The van der Waals surface area contributed by atoms with Crippen LogP contribution in [0.1, 0.15) is 20.8 Å². The molecule has 0 fully saturated rings. The fraction of sp³-hybridized carbons (Fsp3) is 0.364. The predicted octanol–water partition coefficient (Wildman–Crippen LogP) is 3.00. The normalized spacial score (nSPS) is 11.5. The molecule has 0 saturated carbocycles. The van der Waals surface area contributed by atoms with Gasteiger partial charge in [0.1, 0.15) is 5.69 Å². The molecule has 2 heterocycles. The Balaban J connectivity index is 2.28. The summed E-state index contributed by atoms with van der Waals surface area (Å²) in [5.41, 5.74) is 0.373. The number of hydrogen-bond acceptors (Lipinski definition) is 5. The highest BCUT2D eigenvalue weighted by molar-refractivity contribution is 6.32. The van der Waals surface area contributed by atoms with Gasteiger partial charge in [-0.25, -0.2) is 0 Å². The topological polar surface area (TPSA) is 63.8 Å². The van der Waals surface area contributed by atoms with Crippen molar-refractivity contribution in [3.63, 3.8) is 0 Å². The van der Waals surface area contributed by atoms with Gasteiger partial charge in [-0.2, -0.15) is 4.98 Å². The molecular weight excluding hydrogens is 240 g/mol. The van der Waals surface area contributed by atoms with Gasteiger partial charge in [-0.3, -0.25) is 4.98 Å². The van der Waals surface area contributed by atoms with Crippen LogP contribution in [0, 0.1) is 0 Å². The third-order valence-corrected chi connectivity index (χ3v) is 2.18. The maximum atomic E-state index is 6.00. The molecule has 2 aromatic heterocycles. The molecule has 0 radical (unpaired) electrons. The Kier molecular flexibility index (Phi) is 3.02. The number of hydrogen-bond donors (Lipinski definition) is 1. The molecule has 2 rings (SSSR count).